The van der Waals surface area contributed by atoms with Crippen LogP contribution in [0.4, 0.5) is 0 Å². The predicted molar refractivity (Wildman–Crippen MR) is 101 cm³/mol. The standard InChI is InChI=1S/C21H31N3O3/c1-15-12-19(22-27-15)21(26)23-13-16(14-23)20(25)24(17-8-4-2-5-9-17)18-10-6-3-7-11-18/h12,16-18H,2-11,13-14H2,1H3. The molecule has 6 nitrogen and oxygen atoms in total. The maximum absolute atomic E-state index is 13.4. The molecule has 2 amide bonds. The van der Waals surface area contributed by atoms with Gasteiger partial charge >= 0.3 is 0 Å². The Morgan fingerprint density at radius 2 is 1.56 bits per heavy atom. The zero-order valence-corrected chi connectivity index (χ0v) is 16.4. The molecule has 1 saturated heterocycles. The third-order valence-electron chi connectivity index (χ3n) is 6.56. The van der Waals surface area contributed by atoms with Crippen molar-refractivity contribution in [1.29, 1.82) is 0 Å². The summed E-state index contributed by atoms with van der Waals surface area (Å²) in [4.78, 5) is 29.8. The van der Waals surface area contributed by atoms with E-state index in [0.29, 0.717) is 36.6 Å². The maximum Gasteiger partial charge on any atom is 0.276 e. The van der Waals surface area contributed by atoms with Gasteiger partial charge in [-0.1, -0.05) is 43.7 Å². The highest BCUT2D eigenvalue weighted by Gasteiger charge is 2.42. The minimum atomic E-state index is -0.127. The molecule has 2 saturated carbocycles. The Labute approximate surface area is 161 Å². The van der Waals surface area contributed by atoms with Gasteiger partial charge in [-0.15, -0.1) is 0 Å². The van der Waals surface area contributed by atoms with Crippen LogP contribution in [0.1, 0.15) is 80.5 Å². The zero-order chi connectivity index (χ0) is 18.8. The van der Waals surface area contributed by atoms with Gasteiger partial charge in [0.25, 0.3) is 5.91 Å². The van der Waals surface area contributed by atoms with Crippen LogP contribution in [0.2, 0.25) is 0 Å². The first-order valence-corrected chi connectivity index (χ1v) is 10.7. The fourth-order valence-electron chi connectivity index (χ4n) is 5.02. The second kappa shape index (κ2) is 8.03. The van der Waals surface area contributed by atoms with Gasteiger partial charge in [-0.3, -0.25) is 9.59 Å². The second-order valence-corrected chi connectivity index (χ2v) is 8.56. The fraction of sp³-hybridized carbons (Fsp3) is 0.762. The summed E-state index contributed by atoms with van der Waals surface area (Å²) in [6, 6.07) is 2.49. The van der Waals surface area contributed by atoms with Crippen molar-refractivity contribution in [2.24, 2.45) is 5.92 Å². The van der Waals surface area contributed by atoms with E-state index in [1.54, 1.807) is 17.9 Å². The number of hydrogen-bond donors (Lipinski definition) is 0. The van der Waals surface area contributed by atoms with Crippen molar-refractivity contribution in [1.82, 2.24) is 15.0 Å². The molecule has 0 unspecified atom stereocenters. The normalized spacial score (nSPS) is 22.5. The molecule has 27 heavy (non-hydrogen) atoms. The fourth-order valence-corrected chi connectivity index (χ4v) is 5.02. The van der Waals surface area contributed by atoms with Gasteiger partial charge in [-0.05, 0) is 32.6 Å². The van der Waals surface area contributed by atoms with E-state index in [1.807, 2.05) is 0 Å². The van der Waals surface area contributed by atoms with Crippen molar-refractivity contribution < 1.29 is 14.1 Å². The number of rotatable bonds is 4. The number of carbonyl (C=O) groups is 2. The molecular weight excluding hydrogens is 342 g/mol. The molecule has 1 aromatic rings. The lowest BCUT2D eigenvalue weighted by Gasteiger charge is -2.47. The predicted octanol–water partition coefficient (Wildman–Crippen LogP) is 3.55. The van der Waals surface area contributed by atoms with Gasteiger partial charge < -0.3 is 14.3 Å². The van der Waals surface area contributed by atoms with E-state index < -0.39 is 0 Å². The summed E-state index contributed by atoms with van der Waals surface area (Å²) in [5, 5.41) is 3.81. The van der Waals surface area contributed by atoms with Gasteiger partial charge in [0.05, 0.1) is 5.92 Å². The Balaban J connectivity index is 1.40. The average Bonchev–Trinajstić information content (AvgIpc) is 3.09. The minimum absolute atomic E-state index is 0.0502. The van der Waals surface area contributed by atoms with Crippen LogP contribution in [0.5, 0.6) is 0 Å². The van der Waals surface area contributed by atoms with Crippen molar-refractivity contribution in [2.75, 3.05) is 13.1 Å². The summed E-state index contributed by atoms with van der Waals surface area (Å²) in [6.45, 7) is 2.80. The highest BCUT2D eigenvalue weighted by atomic mass is 16.5. The van der Waals surface area contributed by atoms with Crippen LogP contribution in [0.3, 0.4) is 0 Å². The third-order valence-corrected chi connectivity index (χ3v) is 6.56. The van der Waals surface area contributed by atoms with Crippen LogP contribution in [0, 0.1) is 12.8 Å². The lowest BCUT2D eigenvalue weighted by molar-refractivity contribution is -0.146. The first-order chi connectivity index (χ1) is 13.1. The van der Waals surface area contributed by atoms with Gasteiger partial charge in [-0.25, -0.2) is 0 Å². The van der Waals surface area contributed by atoms with E-state index in [4.69, 9.17) is 4.52 Å². The first kappa shape index (κ1) is 18.5. The van der Waals surface area contributed by atoms with Gasteiger partial charge in [0.2, 0.25) is 5.91 Å². The highest BCUT2D eigenvalue weighted by Crippen LogP contribution is 2.33. The van der Waals surface area contributed by atoms with Crippen molar-refractivity contribution >= 4 is 11.8 Å². The molecule has 6 heteroatoms. The van der Waals surface area contributed by atoms with Crippen molar-refractivity contribution in [3.05, 3.63) is 17.5 Å². The highest BCUT2D eigenvalue weighted by molar-refractivity contribution is 5.94. The molecule has 2 aliphatic carbocycles. The van der Waals surface area contributed by atoms with Gasteiger partial charge in [-0.2, -0.15) is 0 Å². The van der Waals surface area contributed by atoms with E-state index in [0.717, 1.165) is 25.7 Å². The number of aryl methyl sites for hydroxylation is 1. The molecule has 0 aromatic carbocycles. The Kier molecular flexibility index (Phi) is 5.50. The van der Waals surface area contributed by atoms with Crippen molar-refractivity contribution in [3.8, 4) is 0 Å². The lowest BCUT2D eigenvalue weighted by Crippen LogP contribution is -2.60. The van der Waals surface area contributed by atoms with Crippen LogP contribution in [-0.2, 0) is 4.79 Å². The summed E-state index contributed by atoms with van der Waals surface area (Å²) in [6.07, 6.45) is 12.1. The lowest BCUT2D eigenvalue weighted by atomic mass is 9.86. The molecule has 148 valence electrons. The second-order valence-electron chi connectivity index (χ2n) is 8.56. The van der Waals surface area contributed by atoms with Gasteiger partial charge in [0, 0.05) is 31.2 Å². The number of carbonyl (C=O) groups excluding carboxylic acids is 2. The van der Waals surface area contributed by atoms with Gasteiger partial charge in [0.1, 0.15) is 5.76 Å². The molecule has 0 spiro atoms. The minimum Gasteiger partial charge on any atom is -0.361 e. The van der Waals surface area contributed by atoms with Crippen molar-refractivity contribution in [3.63, 3.8) is 0 Å². The van der Waals surface area contributed by atoms with Crippen LogP contribution in [0.25, 0.3) is 0 Å². The Bertz CT molecular complexity index is 650. The molecule has 0 atom stereocenters. The number of hydrogen-bond acceptors (Lipinski definition) is 4. The summed E-state index contributed by atoms with van der Waals surface area (Å²) in [5.41, 5.74) is 0.342. The van der Waals surface area contributed by atoms with Crippen LogP contribution in [0.15, 0.2) is 10.6 Å². The molecule has 0 bridgehead atoms. The van der Waals surface area contributed by atoms with E-state index in [-0.39, 0.29) is 17.7 Å². The van der Waals surface area contributed by atoms with E-state index >= 15 is 0 Å². The number of nitrogens with zero attached hydrogens (tertiary/aromatic N) is 3. The van der Waals surface area contributed by atoms with Crippen LogP contribution < -0.4 is 0 Å². The maximum atomic E-state index is 13.4. The molecule has 1 aliphatic heterocycles. The van der Waals surface area contributed by atoms with E-state index in [1.165, 1.54) is 38.5 Å². The molecule has 3 aliphatic rings. The summed E-state index contributed by atoms with van der Waals surface area (Å²) < 4.78 is 5.00. The topological polar surface area (TPSA) is 66.7 Å². The largest absolute Gasteiger partial charge is 0.361 e. The van der Waals surface area contributed by atoms with Gasteiger partial charge in [0.15, 0.2) is 5.69 Å². The van der Waals surface area contributed by atoms with Crippen LogP contribution >= 0.6 is 0 Å². The molecule has 1 aromatic heterocycles. The third kappa shape index (κ3) is 3.90. The molecule has 0 N–H and O–H groups in total. The summed E-state index contributed by atoms with van der Waals surface area (Å²) in [5.74, 6) is 0.741. The number of likely N-dealkylation sites (tertiary alicyclic amines) is 1. The molecule has 4 rings (SSSR count). The smallest absolute Gasteiger partial charge is 0.276 e. The average molecular weight is 373 g/mol. The quantitative estimate of drug-likeness (QED) is 0.809. The molecule has 3 fully saturated rings. The Hall–Kier alpha value is -1.85. The number of amides is 2. The monoisotopic (exact) mass is 373 g/mol. The Morgan fingerprint density at radius 3 is 2.04 bits per heavy atom. The molecular formula is C21H31N3O3. The van der Waals surface area contributed by atoms with E-state index in [2.05, 4.69) is 10.1 Å². The zero-order valence-electron chi connectivity index (χ0n) is 16.4. The SMILES string of the molecule is Cc1cc(C(=O)N2CC(C(=O)N(C3CCCCC3)C3CCCCC3)C2)no1. The van der Waals surface area contributed by atoms with Crippen molar-refractivity contribution in [2.45, 2.75) is 83.2 Å². The number of aromatic nitrogens is 1. The summed E-state index contributed by atoms with van der Waals surface area (Å²) in [7, 11) is 0. The summed E-state index contributed by atoms with van der Waals surface area (Å²) >= 11 is 0. The van der Waals surface area contributed by atoms with E-state index in [9.17, 15) is 9.59 Å². The Morgan fingerprint density at radius 1 is 1.00 bits per heavy atom. The van der Waals surface area contributed by atoms with Crippen LogP contribution in [-0.4, -0.2) is 51.9 Å². The first-order valence-electron chi connectivity index (χ1n) is 10.7. The molecule has 2 heterocycles. The molecule has 0 radical (unpaired) electrons.